The second-order valence-corrected chi connectivity index (χ2v) is 6.30. The zero-order valence-corrected chi connectivity index (χ0v) is 15.9. The van der Waals surface area contributed by atoms with Gasteiger partial charge in [-0.25, -0.2) is 10.2 Å². The number of hydrogen-bond acceptors (Lipinski definition) is 6. The van der Waals surface area contributed by atoms with Crippen molar-refractivity contribution in [1.82, 2.24) is 5.43 Å². The second-order valence-electron chi connectivity index (χ2n) is 6.30. The van der Waals surface area contributed by atoms with E-state index in [9.17, 15) is 19.7 Å². The molecule has 0 aliphatic heterocycles. The van der Waals surface area contributed by atoms with Crippen molar-refractivity contribution in [3.63, 3.8) is 0 Å². The van der Waals surface area contributed by atoms with Crippen LogP contribution in [-0.2, 0) is 0 Å². The molecule has 1 N–H and O–H groups in total. The van der Waals surface area contributed by atoms with Crippen molar-refractivity contribution in [2.45, 2.75) is 6.92 Å². The predicted octanol–water partition coefficient (Wildman–Crippen LogP) is 3.89. The number of carbonyl (C=O) groups excluding carboxylic acids is 2. The molecule has 0 aromatic heterocycles. The number of nitro groups is 1. The molecule has 0 unspecified atom stereocenters. The first-order valence-corrected chi connectivity index (χ1v) is 8.90. The molecule has 8 nitrogen and oxygen atoms in total. The Morgan fingerprint density at radius 1 is 1.00 bits per heavy atom. The number of hydrogen-bond donors (Lipinski definition) is 1. The summed E-state index contributed by atoms with van der Waals surface area (Å²) in [5, 5.41) is 14.9. The minimum atomic E-state index is -0.615. The fourth-order valence-corrected chi connectivity index (χ4v) is 2.59. The molecule has 0 aliphatic rings. The van der Waals surface area contributed by atoms with Gasteiger partial charge in [0, 0.05) is 23.3 Å². The number of amides is 1. The lowest BCUT2D eigenvalue weighted by Gasteiger charge is -2.08. The Balaban J connectivity index is 1.82. The predicted molar refractivity (Wildman–Crippen MR) is 111 cm³/mol. The molecule has 0 saturated heterocycles. The number of carbonyl (C=O) groups is 2. The van der Waals surface area contributed by atoms with Gasteiger partial charge in [-0.1, -0.05) is 35.9 Å². The molecule has 0 bridgehead atoms. The Morgan fingerprint density at radius 2 is 1.73 bits per heavy atom. The molecule has 3 rings (SSSR count). The first kappa shape index (κ1) is 20.4. The third kappa shape index (κ3) is 5.14. The Hall–Kier alpha value is -4.33. The molecular formula is C22H17N3O5. The Labute approximate surface area is 172 Å². The van der Waals surface area contributed by atoms with E-state index in [1.807, 2.05) is 13.0 Å². The maximum Gasteiger partial charge on any atom is 0.343 e. The van der Waals surface area contributed by atoms with Crippen LogP contribution in [0.5, 0.6) is 5.75 Å². The van der Waals surface area contributed by atoms with E-state index in [0.29, 0.717) is 11.1 Å². The zero-order chi connectivity index (χ0) is 21.5. The number of hydrazone groups is 1. The van der Waals surface area contributed by atoms with Crippen molar-refractivity contribution in [2.24, 2.45) is 5.10 Å². The van der Waals surface area contributed by atoms with Crippen molar-refractivity contribution in [1.29, 1.82) is 0 Å². The SMILES string of the molecule is Cc1cccc(C(=O)Oc2ccc([N+](=O)[O-])cc2/C=N/NC(=O)c2ccccc2)c1. The standard InChI is InChI=1S/C22H17N3O5/c1-15-6-5-9-17(12-15)22(27)30-20-11-10-19(25(28)29)13-18(20)14-23-24-21(26)16-7-3-2-4-8-16/h2-14H,1H3,(H,24,26)/b23-14+. The van der Waals surface area contributed by atoms with Crippen LogP contribution in [0.25, 0.3) is 0 Å². The highest BCUT2D eigenvalue weighted by Crippen LogP contribution is 2.24. The maximum absolute atomic E-state index is 12.4. The highest BCUT2D eigenvalue weighted by molar-refractivity contribution is 5.96. The van der Waals surface area contributed by atoms with Gasteiger partial charge in [0.05, 0.1) is 16.7 Å². The highest BCUT2D eigenvalue weighted by atomic mass is 16.6. The van der Waals surface area contributed by atoms with Crippen LogP contribution in [-0.4, -0.2) is 23.0 Å². The molecule has 1 amide bonds. The number of nitro benzene ring substituents is 1. The molecule has 150 valence electrons. The van der Waals surface area contributed by atoms with Crippen LogP contribution in [0.1, 0.15) is 31.8 Å². The summed E-state index contributed by atoms with van der Waals surface area (Å²) < 4.78 is 5.40. The fraction of sp³-hybridized carbons (Fsp3) is 0.0455. The normalized spacial score (nSPS) is 10.6. The average molecular weight is 403 g/mol. The fourth-order valence-electron chi connectivity index (χ4n) is 2.59. The van der Waals surface area contributed by atoms with Gasteiger partial charge in [0.2, 0.25) is 0 Å². The molecular weight excluding hydrogens is 386 g/mol. The summed E-state index contributed by atoms with van der Waals surface area (Å²) in [4.78, 5) is 35.0. The topological polar surface area (TPSA) is 111 Å². The van der Waals surface area contributed by atoms with Crippen LogP contribution < -0.4 is 10.2 Å². The van der Waals surface area contributed by atoms with E-state index in [-0.39, 0.29) is 17.0 Å². The molecule has 0 atom stereocenters. The number of esters is 1. The molecule has 0 radical (unpaired) electrons. The van der Waals surface area contributed by atoms with Crippen molar-refractivity contribution in [2.75, 3.05) is 0 Å². The van der Waals surface area contributed by atoms with Gasteiger partial charge in [0.1, 0.15) is 5.75 Å². The molecule has 3 aromatic carbocycles. The van der Waals surface area contributed by atoms with Gasteiger partial charge < -0.3 is 4.74 Å². The van der Waals surface area contributed by atoms with Crippen LogP contribution in [0.2, 0.25) is 0 Å². The van der Waals surface area contributed by atoms with Gasteiger partial charge in [-0.15, -0.1) is 0 Å². The molecule has 0 aliphatic carbocycles. The third-order valence-corrected chi connectivity index (χ3v) is 4.07. The van der Waals surface area contributed by atoms with Gasteiger partial charge in [0.25, 0.3) is 11.6 Å². The summed E-state index contributed by atoms with van der Waals surface area (Å²) >= 11 is 0. The van der Waals surface area contributed by atoms with E-state index in [1.165, 1.54) is 24.4 Å². The van der Waals surface area contributed by atoms with Crippen LogP contribution in [0.3, 0.4) is 0 Å². The summed E-state index contributed by atoms with van der Waals surface area (Å²) in [7, 11) is 0. The molecule has 0 saturated carbocycles. The first-order chi connectivity index (χ1) is 14.4. The van der Waals surface area contributed by atoms with E-state index in [2.05, 4.69) is 10.5 Å². The number of rotatable bonds is 6. The van der Waals surface area contributed by atoms with Crippen molar-refractivity contribution in [3.05, 3.63) is 105 Å². The van der Waals surface area contributed by atoms with E-state index in [0.717, 1.165) is 5.56 Å². The molecule has 30 heavy (non-hydrogen) atoms. The monoisotopic (exact) mass is 403 g/mol. The first-order valence-electron chi connectivity index (χ1n) is 8.90. The van der Waals surface area contributed by atoms with Gasteiger partial charge in [-0.3, -0.25) is 14.9 Å². The van der Waals surface area contributed by atoms with Crippen LogP contribution in [0, 0.1) is 17.0 Å². The van der Waals surface area contributed by atoms with E-state index >= 15 is 0 Å². The second kappa shape index (κ2) is 9.24. The van der Waals surface area contributed by atoms with Gasteiger partial charge in [-0.05, 0) is 37.3 Å². The lowest BCUT2D eigenvalue weighted by molar-refractivity contribution is -0.384. The van der Waals surface area contributed by atoms with E-state index in [1.54, 1.807) is 48.5 Å². The summed E-state index contributed by atoms with van der Waals surface area (Å²) in [6.45, 7) is 1.84. The average Bonchev–Trinajstić information content (AvgIpc) is 2.75. The summed E-state index contributed by atoms with van der Waals surface area (Å²) in [5.74, 6) is -0.990. The van der Waals surface area contributed by atoms with Gasteiger partial charge >= 0.3 is 5.97 Å². The van der Waals surface area contributed by atoms with E-state index < -0.39 is 16.8 Å². The Bertz CT molecular complexity index is 1130. The molecule has 0 spiro atoms. The Kier molecular flexibility index (Phi) is 6.29. The van der Waals surface area contributed by atoms with Crippen LogP contribution in [0.4, 0.5) is 5.69 Å². The summed E-state index contributed by atoms with van der Waals surface area (Å²) in [5.41, 5.74) is 3.93. The van der Waals surface area contributed by atoms with Crippen molar-refractivity contribution in [3.8, 4) is 5.75 Å². The number of benzene rings is 3. The highest BCUT2D eigenvalue weighted by Gasteiger charge is 2.15. The minimum absolute atomic E-state index is 0.0739. The zero-order valence-electron chi connectivity index (χ0n) is 15.9. The number of non-ortho nitro benzene ring substituents is 1. The number of nitrogens with one attached hydrogen (secondary N) is 1. The molecule has 0 heterocycles. The largest absolute Gasteiger partial charge is 0.422 e. The molecule has 3 aromatic rings. The van der Waals surface area contributed by atoms with Crippen molar-refractivity contribution >= 4 is 23.8 Å². The lowest BCUT2D eigenvalue weighted by atomic mass is 10.1. The van der Waals surface area contributed by atoms with Gasteiger partial charge in [0.15, 0.2) is 0 Å². The van der Waals surface area contributed by atoms with Gasteiger partial charge in [-0.2, -0.15) is 5.10 Å². The number of nitrogens with zero attached hydrogens (tertiary/aromatic N) is 2. The van der Waals surface area contributed by atoms with Crippen LogP contribution in [0.15, 0.2) is 77.9 Å². The summed E-state index contributed by atoms with van der Waals surface area (Å²) in [6.07, 6.45) is 1.19. The molecule has 8 heteroatoms. The third-order valence-electron chi connectivity index (χ3n) is 4.07. The van der Waals surface area contributed by atoms with Crippen molar-refractivity contribution < 1.29 is 19.2 Å². The Morgan fingerprint density at radius 3 is 2.43 bits per heavy atom. The van der Waals surface area contributed by atoms with Crippen LogP contribution >= 0.6 is 0 Å². The molecule has 0 fully saturated rings. The number of aryl methyl sites for hydroxylation is 1. The summed E-state index contributed by atoms with van der Waals surface area (Å²) in [6, 6.07) is 19.0. The maximum atomic E-state index is 12.4. The number of ether oxygens (including phenoxy) is 1. The minimum Gasteiger partial charge on any atom is -0.422 e. The van der Waals surface area contributed by atoms with E-state index in [4.69, 9.17) is 4.74 Å². The smallest absolute Gasteiger partial charge is 0.343 e. The quantitative estimate of drug-likeness (QED) is 0.221. The lowest BCUT2D eigenvalue weighted by Crippen LogP contribution is -2.17.